The molecule has 0 amide bonds. The monoisotopic (exact) mass is 303 g/mol. The Bertz CT molecular complexity index is 535. The first kappa shape index (κ1) is 17.0. The summed E-state index contributed by atoms with van der Waals surface area (Å²) in [5.41, 5.74) is 0.905. The molecule has 116 valence electrons. The third kappa shape index (κ3) is 4.49. The molecule has 20 heavy (non-hydrogen) atoms. The molecule has 0 radical (unpaired) electrons. The highest BCUT2D eigenvalue weighted by atomic mass is 32.2. The Morgan fingerprint density at radius 3 is 2.65 bits per heavy atom. The van der Waals surface area contributed by atoms with E-state index in [0.717, 1.165) is 18.7 Å². The van der Waals surface area contributed by atoms with Crippen LogP contribution in [0, 0.1) is 6.92 Å². The van der Waals surface area contributed by atoms with Gasteiger partial charge in [0.15, 0.2) is 9.84 Å². The standard InChI is InChI=1S/C13H25N3O3S/c1-11-9-16(7-6-8-19-4)12(15-11)14-10-13(2,3)20(5,17)18/h9H,6-8,10H2,1-5H3,(H,14,15). The molecule has 0 spiro atoms. The average Bonchev–Trinajstić information content (AvgIpc) is 2.66. The van der Waals surface area contributed by atoms with Crippen LogP contribution in [0.4, 0.5) is 5.95 Å². The molecule has 1 N–H and O–H groups in total. The van der Waals surface area contributed by atoms with Crippen molar-refractivity contribution in [2.75, 3.05) is 31.8 Å². The number of anilines is 1. The van der Waals surface area contributed by atoms with Gasteiger partial charge < -0.3 is 14.6 Å². The van der Waals surface area contributed by atoms with Gasteiger partial charge in [-0.3, -0.25) is 0 Å². The molecule has 0 atom stereocenters. The van der Waals surface area contributed by atoms with Crippen molar-refractivity contribution >= 4 is 15.8 Å². The van der Waals surface area contributed by atoms with Crippen LogP contribution in [0.25, 0.3) is 0 Å². The topological polar surface area (TPSA) is 73.2 Å². The van der Waals surface area contributed by atoms with E-state index in [1.54, 1.807) is 21.0 Å². The van der Waals surface area contributed by atoms with Crippen molar-refractivity contribution < 1.29 is 13.2 Å². The Balaban J connectivity index is 2.73. The van der Waals surface area contributed by atoms with Crippen LogP contribution in [0.3, 0.4) is 0 Å². The zero-order chi connectivity index (χ0) is 15.4. The van der Waals surface area contributed by atoms with Crippen molar-refractivity contribution in [3.8, 4) is 0 Å². The second kappa shape index (κ2) is 6.58. The number of hydrogen-bond donors (Lipinski definition) is 1. The Morgan fingerprint density at radius 2 is 2.10 bits per heavy atom. The summed E-state index contributed by atoms with van der Waals surface area (Å²) < 4.78 is 29.6. The van der Waals surface area contributed by atoms with E-state index in [9.17, 15) is 8.42 Å². The van der Waals surface area contributed by atoms with E-state index in [1.807, 2.05) is 17.7 Å². The second-order valence-corrected chi connectivity index (χ2v) is 8.28. The van der Waals surface area contributed by atoms with Crippen molar-refractivity contribution in [3.63, 3.8) is 0 Å². The number of nitrogens with one attached hydrogen (secondary N) is 1. The van der Waals surface area contributed by atoms with Gasteiger partial charge in [-0.2, -0.15) is 0 Å². The first-order chi connectivity index (χ1) is 9.17. The summed E-state index contributed by atoms with van der Waals surface area (Å²) in [4.78, 5) is 4.39. The van der Waals surface area contributed by atoms with Gasteiger partial charge in [-0.15, -0.1) is 0 Å². The minimum atomic E-state index is -3.12. The normalized spacial score (nSPS) is 12.7. The number of ether oxygens (including phenoxy) is 1. The van der Waals surface area contributed by atoms with Crippen molar-refractivity contribution in [2.24, 2.45) is 0 Å². The molecule has 0 saturated carbocycles. The van der Waals surface area contributed by atoms with Crippen LogP contribution in [0.5, 0.6) is 0 Å². The minimum Gasteiger partial charge on any atom is -0.385 e. The lowest BCUT2D eigenvalue weighted by Gasteiger charge is -2.23. The molecular formula is C13H25N3O3S. The number of hydrogen-bond acceptors (Lipinski definition) is 5. The van der Waals surface area contributed by atoms with E-state index >= 15 is 0 Å². The van der Waals surface area contributed by atoms with Gasteiger partial charge in [0.25, 0.3) is 0 Å². The van der Waals surface area contributed by atoms with Crippen molar-refractivity contribution in [1.29, 1.82) is 0 Å². The number of sulfone groups is 1. The molecule has 0 aliphatic rings. The third-order valence-corrected chi connectivity index (χ3v) is 5.47. The third-order valence-electron chi connectivity index (χ3n) is 3.32. The summed E-state index contributed by atoms with van der Waals surface area (Å²) in [6.07, 6.45) is 4.09. The average molecular weight is 303 g/mol. The van der Waals surface area contributed by atoms with E-state index in [2.05, 4.69) is 10.3 Å². The molecule has 1 heterocycles. The minimum absolute atomic E-state index is 0.326. The maximum atomic E-state index is 11.7. The summed E-state index contributed by atoms with van der Waals surface area (Å²) in [5.74, 6) is 0.704. The van der Waals surface area contributed by atoms with Crippen LogP contribution in [0.2, 0.25) is 0 Å². The molecule has 0 aliphatic carbocycles. The number of aryl methyl sites for hydroxylation is 2. The first-order valence-electron chi connectivity index (χ1n) is 6.63. The lowest BCUT2D eigenvalue weighted by atomic mass is 10.2. The van der Waals surface area contributed by atoms with Gasteiger partial charge in [0.05, 0.1) is 10.4 Å². The van der Waals surface area contributed by atoms with E-state index < -0.39 is 14.6 Å². The molecule has 7 heteroatoms. The van der Waals surface area contributed by atoms with E-state index in [1.165, 1.54) is 6.26 Å². The van der Waals surface area contributed by atoms with Crippen LogP contribution in [0.1, 0.15) is 26.0 Å². The molecule has 0 fully saturated rings. The zero-order valence-corrected chi connectivity index (χ0v) is 13.7. The lowest BCUT2D eigenvalue weighted by molar-refractivity contribution is 0.190. The van der Waals surface area contributed by atoms with E-state index in [-0.39, 0.29) is 0 Å². The molecule has 0 saturated heterocycles. The SMILES string of the molecule is COCCCn1cc(C)nc1NCC(C)(C)S(C)(=O)=O. The Morgan fingerprint density at radius 1 is 1.45 bits per heavy atom. The first-order valence-corrected chi connectivity index (χ1v) is 8.53. The lowest BCUT2D eigenvalue weighted by Crippen LogP contribution is -2.38. The molecule has 0 aliphatic heterocycles. The number of nitrogens with zero attached hydrogens (tertiary/aromatic N) is 2. The molecule has 0 unspecified atom stereocenters. The molecule has 0 aromatic carbocycles. The highest BCUT2D eigenvalue weighted by Crippen LogP contribution is 2.17. The fourth-order valence-corrected chi connectivity index (χ4v) is 1.99. The highest BCUT2D eigenvalue weighted by molar-refractivity contribution is 7.92. The molecule has 1 aromatic heterocycles. The van der Waals surface area contributed by atoms with Gasteiger partial charge in [-0.25, -0.2) is 13.4 Å². The molecule has 0 bridgehead atoms. The number of methoxy groups -OCH3 is 1. The Hall–Kier alpha value is -1.08. The second-order valence-electron chi connectivity index (χ2n) is 5.63. The predicted molar refractivity (Wildman–Crippen MR) is 80.9 cm³/mol. The number of aromatic nitrogens is 2. The van der Waals surface area contributed by atoms with E-state index in [0.29, 0.717) is 19.1 Å². The number of rotatable bonds is 8. The van der Waals surface area contributed by atoms with Gasteiger partial charge >= 0.3 is 0 Å². The summed E-state index contributed by atoms with van der Waals surface area (Å²) in [5, 5.41) is 3.14. The summed E-state index contributed by atoms with van der Waals surface area (Å²) in [7, 11) is -1.45. The van der Waals surface area contributed by atoms with Crippen molar-refractivity contribution in [3.05, 3.63) is 11.9 Å². The van der Waals surface area contributed by atoms with Crippen LogP contribution in [-0.4, -0.2) is 49.2 Å². The summed E-state index contributed by atoms with van der Waals surface area (Å²) >= 11 is 0. The maximum absolute atomic E-state index is 11.7. The Kier molecular flexibility index (Phi) is 5.59. The maximum Gasteiger partial charge on any atom is 0.203 e. The smallest absolute Gasteiger partial charge is 0.203 e. The molecule has 1 rings (SSSR count). The fraction of sp³-hybridized carbons (Fsp3) is 0.769. The fourth-order valence-electron chi connectivity index (χ4n) is 1.66. The molecule has 6 nitrogen and oxygen atoms in total. The number of imidazole rings is 1. The summed E-state index contributed by atoms with van der Waals surface area (Å²) in [6, 6.07) is 0. The van der Waals surface area contributed by atoms with Crippen LogP contribution in [0.15, 0.2) is 6.20 Å². The van der Waals surface area contributed by atoms with Gasteiger partial charge in [0.1, 0.15) is 0 Å². The van der Waals surface area contributed by atoms with Crippen molar-refractivity contribution in [2.45, 2.75) is 38.5 Å². The van der Waals surface area contributed by atoms with Gasteiger partial charge in [0.2, 0.25) is 5.95 Å². The highest BCUT2D eigenvalue weighted by Gasteiger charge is 2.30. The predicted octanol–water partition coefficient (Wildman–Crippen LogP) is 1.46. The van der Waals surface area contributed by atoms with Crippen LogP contribution >= 0.6 is 0 Å². The van der Waals surface area contributed by atoms with Gasteiger partial charge in [-0.1, -0.05) is 0 Å². The largest absolute Gasteiger partial charge is 0.385 e. The van der Waals surface area contributed by atoms with E-state index in [4.69, 9.17) is 4.74 Å². The quantitative estimate of drug-likeness (QED) is 0.736. The molecular weight excluding hydrogens is 278 g/mol. The zero-order valence-electron chi connectivity index (χ0n) is 12.9. The summed E-state index contributed by atoms with van der Waals surface area (Å²) in [6.45, 7) is 7.13. The van der Waals surface area contributed by atoms with Crippen molar-refractivity contribution in [1.82, 2.24) is 9.55 Å². The van der Waals surface area contributed by atoms with Gasteiger partial charge in [0, 0.05) is 39.3 Å². The van der Waals surface area contributed by atoms with Crippen LogP contribution < -0.4 is 5.32 Å². The van der Waals surface area contributed by atoms with Crippen LogP contribution in [-0.2, 0) is 21.1 Å². The van der Waals surface area contributed by atoms with Gasteiger partial charge in [-0.05, 0) is 27.2 Å². The Labute approximate surface area is 121 Å². The molecule has 1 aromatic rings.